The Labute approximate surface area is 242 Å². The molecule has 0 saturated carbocycles. The van der Waals surface area contributed by atoms with Crippen LogP contribution in [0.5, 0.6) is 0 Å². The summed E-state index contributed by atoms with van der Waals surface area (Å²) in [6.07, 6.45) is 3.46. The lowest BCUT2D eigenvalue weighted by molar-refractivity contribution is -0.134. The van der Waals surface area contributed by atoms with Gasteiger partial charge in [-0.05, 0) is 44.5 Å². The van der Waals surface area contributed by atoms with Crippen molar-refractivity contribution in [3.63, 3.8) is 0 Å². The fraction of sp³-hybridized carbons (Fsp3) is 0.345. The van der Waals surface area contributed by atoms with Gasteiger partial charge in [0.15, 0.2) is 5.82 Å². The van der Waals surface area contributed by atoms with E-state index < -0.39 is 6.04 Å². The minimum Gasteiger partial charge on any atom is -0.340 e. The molecule has 3 aromatic rings. The maximum Gasteiger partial charge on any atom is 0.252 e. The molecule has 0 spiro atoms. The van der Waals surface area contributed by atoms with Gasteiger partial charge in [0.05, 0.1) is 18.8 Å². The SMILES string of the molecule is C=C1C=CC(=O)N1CN1CCN(C(=O)C[C@@H]2N=C(c3ccc(Cl)cc3)c3c(sc(C)c3C)-n3c(C)nnc32)CC1. The number of piperazine rings is 1. The molecule has 3 aliphatic rings. The molecule has 1 aromatic carbocycles. The van der Waals surface area contributed by atoms with Crippen LogP contribution in [0.1, 0.15) is 45.7 Å². The highest BCUT2D eigenvalue weighted by molar-refractivity contribution is 7.15. The van der Waals surface area contributed by atoms with Crippen molar-refractivity contribution in [2.24, 2.45) is 4.99 Å². The topological polar surface area (TPSA) is 86.9 Å². The van der Waals surface area contributed by atoms with Gasteiger partial charge in [-0.1, -0.05) is 30.3 Å². The Morgan fingerprint density at radius 2 is 1.80 bits per heavy atom. The quantitative estimate of drug-likeness (QED) is 0.455. The number of amides is 2. The zero-order valence-electron chi connectivity index (χ0n) is 22.7. The Bertz CT molecular complexity index is 1560. The van der Waals surface area contributed by atoms with Crippen LogP contribution in [-0.4, -0.2) is 79.8 Å². The molecule has 0 unspecified atom stereocenters. The molecule has 1 atom stereocenters. The fourth-order valence-corrected chi connectivity index (χ4v) is 6.76. The van der Waals surface area contributed by atoms with Crippen molar-refractivity contribution in [1.29, 1.82) is 0 Å². The molecule has 11 heteroatoms. The van der Waals surface area contributed by atoms with E-state index in [1.165, 1.54) is 11.0 Å². The number of nitrogens with zero attached hydrogens (tertiary/aromatic N) is 7. The van der Waals surface area contributed by atoms with Crippen molar-refractivity contribution in [2.45, 2.75) is 33.2 Å². The number of halogens is 1. The average molecular weight is 576 g/mol. The summed E-state index contributed by atoms with van der Waals surface area (Å²) in [5, 5.41) is 10.6. The number of allylic oxidation sites excluding steroid dienone is 1. The highest BCUT2D eigenvalue weighted by atomic mass is 35.5. The van der Waals surface area contributed by atoms with Crippen LogP contribution in [0.3, 0.4) is 0 Å². The summed E-state index contributed by atoms with van der Waals surface area (Å²) in [5.74, 6) is 1.42. The van der Waals surface area contributed by atoms with Crippen molar-refractivity contribution in [3.8, 4) is 5.00 Å². The summed E-state index contributed by atoms with van der Waals surface area (Å²) in [6, 6.07) is 7.19. The average Bonchev–Trinajstić information content (AvgIpc) is 3.54. The number of hydrogen-bond acceptors (Lipinski definition) is 7. The summed E-state index contributed by atoms with van der Waals surface area (Å²) in [4.78, 5) is 37.9. The van der Waals surface area contributed by atoms with Crippen molar-refractivity contribution < 1.29 is 9.59 Å². The minimum atomic E-state index is -0.492. The van der Waals surface area contributed by atoms with Crippen LogP contribution >= 0.6 is 22.9 Å². The maximum atomic E-state index is 13.6. The number of rotatable bonds is 5. The first kappa shape index (κ1) is 26.6. The zero-order chi connectivity index (χ0) is 28.1. The van der Waals surface area contributed by atoms with Gasteiger partial charge in [-0.2, -0.15) is 0 Å². The number of aryl methyl sites for hydroxylation is 2. The van der Waals surface area contributed by atoms with Gasteiger partial charge >= 0.3 is 0 Å². The van der Waals surface area contributed by atoms with Crippen LogP contribution in [0.25, 0.3) is 5.00 Å². The monoisotopic (exact) mass is 575 g/mol. The van der Waals surface area contributed by atoms with E-state index in [4.69, 9.17) is 16.6 Å². The summed E-state index contributed by atoms with van der Waals surface area (Å²) >= 11 is 7.90. The second-order valence-electron chi connectivity index (χ2n) is 10.3. The van der Waals surface area contributed by atoms with E-state index in [9.17, 15) is 9.59 Å². The van der Waals surface area contributed by atoms with Crippen molar-refractivity contribution >= 4 is 40.5 Å². The summed E-state index contributed by atoms with van der Waals surface area (Å²) in [5.41, 5.74) is 4.69. The highest BCUT2D eigenvalue weighted by Gasteiger charge is 2.34. The smallest absolute Gasteiger partial charge is 0.252 e. The largest absolute Gasteiger partial charge is 0.340 e. The third-order valence-corrected chi connectivity index (χ3v) is 9.27. The minimum absolute atomic E-state index is 0.0255. The van der Waals surface area contributed by atoms with Crippen LogP contribution in [0, 0.1) is 20.8 Å². The lowest BCUT2D eigenvalue weighted by Crippen LogP contribution is -2.51. The molecule has 9 nitrogen and oxygen atoms in total. The van der Waals surface area contributed by atoms with E-state index in [1.807, 2.05) is 36.1 Å². The predicted molar refractivity (Wildman–Crippen MR) is 156 cm³/mol. The lowest BCUT2D eigenvalue weighted by Gasteiger charge is -2.37. The molecular weight excluding hydrogens is 546 g/mol. The third kappa shape index (κ3) is 4.70. The molecule has 0 aliphatic carbocycles. The van der Waals surface area contributed by atoms with Gasteiger partial charge in [0.1, 0.15) is 16.9 Å². The molecule has 206 valence electrons. The van der Waals surface area contributed by atoms with E-state index in [0.717, 1.165) is 33.2 Å². The van der Waals surface area contributed by atoms with Crippen molar-refractivity contribution in [3.05, 3.63) is 86.9 Å². The Kier molecular flexibility index (Phi) is 6.93. The molecule has 2 aromatic heterocycles. The van der Waals surface area contributed by atoms with Crippen LogP contribution in [0.4, 0.5) is 0 Å². The molecule has 1 fully saturated rings. The number of fused-ring (bicyclic) bond motifs is 3. The predicted octanol–water partition coefficient (Wildman–Crippen LogP) is 4.20. The number of benzene rings is 1. The Hall–Kier alpha value is -3.60. The van der Waals surface area contributed by atoms with Gasteiger partial charge in [0.25, 0.3) is 5.91 Å². The highest BCUT2D eigenvalue weighted by Crippen LogP contribution is 2.39. The van der Waals surface area contributed by atoms with Crippen LogP contribution < -0.4 is 0 Å². The van der Waals surface area contributed by atoms with E-state index in [2.05, 4.69) is 40.1 Å². The molecule has 5 heterocycles. The first-order valence-electron chi connectivity index (χ1n) is 13.3. The van der Waals surface area contributed by atoms with Crippen molar-refractivity contribution in [1.82, 2.24) is 29.5 Å². The number of thiophene rings is 1. The second-order valence-corrected chi connectivity index (χ2v) is 12.0. The molecular formula is C29H30ClN7O2S. The molecule has 40 heavy (non-hydrogen) atoms. The van der Waals surface area contributed by atoms with Gasteiger partial charge in [0.2, 0.25) is 5.91 Å². The van der Waals surface area contributed by atoms with Gasteiger partial charge in [-0.25, -0.2) is 0 Å². The standard InChI is InChI=1S/C29H30ClN7O2S/c1-17-5-10-24(38)36(17)16-34-11-13-35(14-12-34)25(39)15-23-28-33-32-20(4)37(28)29-26(18(2)19(3)40-29)27(31-23)21-6-8-22(30)9-7-21/h5-10,23H,1,11-16H2,2-4H3/t23-/m0/s1. The number of aromatic nitrogens is 3. The fourth-order valence-electron chi connectivity index (χ4n) is 5.42. The Morgan fingerprint density at radius 1 is 1.07 bits per heavy atom. The summed E-state index contributed by atoms with van der Waals surface area (Å²) in [6.45, 7) is 13.1. The Morgan fingerprint density at radius 3 is 2.48 bits per heavy atom. The normalized spacial score (nSPS) is 19.1. The van der Waals surface area contributed by atoms with Gasteiger partial charge in [-0.15, -0.1) is 21.5 Å². The van der Waals surface area contributed by atoms with Gasteiger partial charge in [0, 0.05) is 59.0 Å². The Balaban J connectivity index is 1.27. The number of hydrogen-bond donors (Lipinski definition) is 0. The van der Waals surface area contributed by atoms with Gasteiger partial charge < -0.3 is 4.90 Å². The first-order valence-corrected chi connectivity index (χ1v) is 14.5. The molecule has 2 amide bonds. The lowest BCUT2D eigenvalue weighted by atomic mass is 9.99. The van der Waals surface area contributed by atoms with Gasteiger partial charge in [-0.3, -0.25) is 28.9 Å². The van der Waals surface area contributed by atoms with E-state index in [0.29, 0.717) is 49.4 Å². The van der Waals surface area contributed by atoms with Crippen molar-refractivity contribution in [2.75, 3.05) is 32.8 Å². The van der Waals surface area contributed by atoms with Crippen LogP contribution in [0.15, 0.2) is 53.7 Å². The molecule has 6 rings (SSSR count). The molecule has 0 radical (unpaired) electrons. The van der Waals surface area contributed by atoms with E-state index in [1.54, 1.807) is 22.3 Å². The summed E-state index contributed by atoms with van der Waals surface area (Å²) < 4.78 is 2.07. The number of carbonyl (C=O) groups excluding carboxylic acids is 2. The molecule has 1 saturated heterocycles. The summed E-state index contributed by atoms with van der Waals surface area (Å²) in [7, 11) is 0. The first-order chi connectivity index (χ1) is 19.2. The van der Waals surface area contributed by atoms with E-state index in [-0.39, 0.29) is 18.2 Å². The van der Waals surface area contributed by atoms with Crippen LogP contribution in [-0.2, 0) is 9.59 Å². The molecule has 3 aliphatic heterocycles. The second kappa shape index (κ2) is 10.4. The maximum absolute atomic E-state index is 13.6. The number of carbonyl (C=O) groups is 2. The molecule has 0 bridgehead atoms. The zero-order valence-corrected chi connectivity index (χ0v) is 24.3. The van der Waals surface area contributed by atoms with Crippen LogP contribution in [0.2, 0.25) is 5.02 Å². The number of aliphatic imine (C=N–C) groups is 1. The third-order valence-electron chi connectivity index (χ3n) is 7.82. The van der Waals surface area contributed by atoms with E-state index >= 15 is 0 Å². The molecule has 0 N–H and O–H groups in total.